The van der Waals surface area contributed by atoms with Gasteiger partial charge >= 0.3 is 0 Å². The summed E-state index contributed by atoms with van der Waals surface area (Å²) in [5.74, 6) is -0.475. The number of nitrogens with zero attached hydrogens (tertiary/aromatic N) is 2. The highest BCUT2D eigenvalue weighted by molar-refractivity contribution is 7.90. The number of hydrogen-bond donors (Lipinski definition) is 1. The molecule has 1 heterocycles. The predicted octanol–water partition coefficient (Wildman–Crippen LogP) is 2.65. The van der Waals surface area contributed by atoms with Crippen molar-refractivity contribution >= 4 is 21.4 Å². The van der Waals surface area contributed by atoms with E-state index in [1.807, 2.05) is 0 Å². The zero-order valence-corrected chi connectivity index (χ0v) is 14.4. The van der Waals surface area contributed by atoms with Gasteiger partial charge in [-0.3, -0.25) is 9.48 Å². The summed E-state index contributed by atoms with van der Waals surface area (Å²) in [6, 6.07) is 14.9. The van der Waals surface area contributed by atoms with Gasteiger partial charge in [-0.1, -0.05) is 30.3 Å². The van der Waals surface area contributed by atoms with Gasteiger partial charge in [0.25, 0.3) is 5.91 Å². The van der Waals surface area contributed by atoms with Crippen molar-refractivity contribution in [2.45, 2.75) is 10.6 Å². The molecule has 0 saturated heterocycles. The van der Waals surface area contributed by atoms with Crippen LogP contribution in [0, 0.1) is 0 Å². The Morgan fingerprint density at radius 2 is 1.88 bits per heavy atom. The van der Waals surface area contributed by atoms with Gasteiger partial charge in [0.05, 0.1) is 22.5 Å². The number of aryl methyl sites for hydroxylation is 1. The van der Waals surface area contributed by atoms with Crippen molar-refractivity contribution in [2.24, 2.45) is 7.05 Å². The number of aromatic nitrogens is 2. The second-order valence-electron chi connectivity index (χ2n) is 5.63. The van der Waals surface area contributed by atoms with Gasteiger partial charge in [-0.25, -0.2) is 8.42 Å². The Morgan fingerprint density at radius 1 is 1.12 bits per heavy atom. The fourth-order valence-corrected chi connectivity index (χ4v) is 3.78. The molecule has 0 aliphatic heterocycles. The van der Waals surface area contributed by atoms with Crippen molar-refractivity contribution in [3.63, 3.8) is 0 Å². The van der Waals surface area contributed by atoms with E-state index in [0.29, 0.717) is 16.8 Å². The molecule has 0 fully saturated rings. The van der Waals surface area contributed by atoms with Crippen molar-refractivity contribution in [3.05, 3.63) is 78.1 Å². The average molecular weight is 355 g/mol. The van der Waals surface area contributed by atoms with E-state index in [2.05, 4.69) is 10.4 Å². The number of rotatable bonds is 5. The van der Waals surface area contributed by atoms with E-state index in [9.17, 15) is 13.2 Å². The van der Waals surface area contributed by atoms with Crippen LogP contribution in [0.15, 0.2) is 71.9 Å². The van der Waals surface area contributed by atoms with Gasteiger partial charge in [-0.05, 0) is 29.8 Å². The Kier molecular flexibility index (Phi) is 4.67. The van der Waals surface area contributed by atoms with Gasteiger partial charge in [-0.2, -0.15) is 5.10 Å². The minimum atomic E-state index is -3.46. The summed E-state index contributed by atoms with van der Waals surface area (Å²) in [6.07, 6.45) is 3.23. The summed E-state index contributed by atoms with van der Waals surface area (Å²) in [7, 11) is -1.70. The summed E-state index contributed by atoms with van der Waals surface area (Å²) < 4.78 is 26.5. The van der Waals surface area contributed by atoms with Crippen LogP contribution >= 0.6 is 0 Å². The van der Waals surface area contributed by atoms with Crippen LogP contribution < -0.4 is 5.32 Å². The fraction of sp³-hybridized carbons (Fsp3) is 0.111. The first-order valence-corrected chi connectivity index (χ1v) is 9.26. The normalized spacial score (nSPS) is 11.2. The summed E-state index contributed by atoms with van der Waals surface area (Å²) in [6.45, 7) is 0. The Morgan fingerprint density at radius 3 is 2.56 bits per heavy atom. The molecular formula is C18H17N3O3S. The molecule has 0 bridgehead atoms. The van der Waals surface area contributed by atoms with Crippen LogP contribution in [-0.2, 0) is 22.6 Å². The standard InChI is InChI=1S/C18H17N3O3S/c1-21-12-16(11-19-21)20-18(22)15-7-5-6-14(10-15)13-25(23,24)17-8-3-2-4-9-17/h2-12H,13H2,1H3,(H,20,22). The first kappa shape index (κ1) is 16.9. The molecule has 3 aromatic rings. The maximum Gasteiger partial charge on any atom is 0.255 e. The van der Waals surface area contributed by atoms with E-state index in [0.717, 1.165) is 0 Å². The largest absolute Gasteiger partial charge is 0.319 e. The third-order valence-electron chi connectivity index (χ3n) is 3.61. The lowest BCUT2D eigenvalue weighted by atomic mass is 10.1. The van der Waals surface area contributed by atoms with E-state index >= 15 is 0 Å². The lowest BCUT2D eigenvalue weighted by molar-refractivity contribution is 0.102. The second kappa shape index (κ2) is 6.90. The van der Waals surface area contributed by atoms with Crippen molar-refractivity contribution in [3.8, 4) is 0 Å². The molecule has 0 atom stereocenters. The summed E-state index contributed by atoms with van der Waals surface area (Å²) in [5.41, 5.74) is 1.53. The van der Waals surface area contributed by atoms with Gasteiger partial charge < -0.3 is 5.32 Å². The third kappa shape index (κ3) is 4.13. The molecule has 1 N–H and O–H groups in total. The van der Waals surface area contributed by atoms with Crippen LogP contribution in [0.5, 0.6) is 0 Å². The molecule has 3 rings (SSSR count). The van der Waals surface area contributed by atoms with Crippen LogP contribution in [0.1, 0.15) is 15.9 Å². The van der Waals surface area contributed by atoms with Crippen molar-refractivity contribution in [1.29, 1.82) is 0 Å². The summed E-state index contributed by atoms with van der Waals surface area (Å²) >= 11 is 0. The molecule has 0 radical (unpaired) electrons. The average Bonchev–Trinajstić information content (AvgIpc) is 3.00. The Bertz CT molecular complexity index is 995. The van der Waals surface area contributed by atoms with Gasteiger partial charge in [-0.15, -0.1) is 0 Å². The summed E-state index contributed by atoms with van der Waals surface area (Å²) in [5, 5.41) is 6.71. The molecule has 0 unspecified atom stereocenters. The number of sulfone groups is 1. The van der Waals surface area contributed by atoms with Gasteiger partial charge in [0, 0.05) is 18.8 Å². The maximum absolute atomic E-state index is 12.5. The van der Waals surface area contributed by atoms with Crippen LogP contribution in [0.25, 0.3) is 0 Å². The molecule has 25 heavy (non-hydrogen) atoms. The van der Waals surface area contributed by atoms with E-state index in [1.54, 1.807) is 78.7 Å². The SMILES string of the molecule is Cn1cc(NC(=O)c2cccc(CS(=O)(=O)c3ccccc3)c2)cn1. The van der Waals surface area contributed by atoms with Crippen molar-refractivity contribution in [1.82, 2.24) is 9.78 Å². The Hall–Kier alpha value is -2.93. The minimum Gasteiger partial charge on any atom is -0.319 e. The van der Waals surface area contributed by atoms with E-state index in [-0.39, 0.29) is 16.6 Å². The lowest BCUT2D eigenvalue weighted by Gasteiger charge is -2.07. The molecule has 1 aromatic heterocycles. The molecule has 0 saturated carbocycles. The predicted molar refractivity (Wildman–Crippen MR) is 94.9 cm³/mol. The van der Waals surface area contributed by atoms with Crippen LogP contribution in [0.3, 0.4) is 0 Å². The third-order valence-corrected chi connectivity index (χ3v) is 5.31. The lowest BCUT2D eigenvalue weighted by Crippen LogP contribution is -2.12. The second-order valence-corrected chi connectivity index (χ2v) is 7.62. The van der Waals surface area contributed by atoms with Gasteiger partial charge in [0.1, 0.15) is 0 Å². The number of benzene rings is 2. The number of anilines is 1. The molecule has 0 spiro atoms. The van der Waals surface area contributed by atoms with Crippen molar-refractivity contribution in [2.75, 3.05) is 5.32 Å². The number of carbonyl (C=O) groups is 1. The highest BCUT2D eigenvalue weighted by Crippen LogP contribution is 2.17. The molecule has 0 aliphatic rings. The molecule has 0 aliphatic carbocycles. The fourth-order valence-electron chi connectivity index (χ4n) is 2.42. The Balaban J connectivity index is 1.78. The first-order valence-electron chi connectivity index (χ1n) is 7.61. The van der Waals surface area contributed by atoms with E-state index in [1.165, 1.54) is 0 Å². The number of nitrogens with one attached hydrogen (secondary N) is 1. The van der Waals surface area contributed by atoms with Crippen LogP contribution in [-0.4, -0.2) is 24.1 Å². The highest BCUT2D eigenvalue weighted by atomic mass is 32.2. The molecule has 128 valence electrons. The molecule has 7 heteroatoms. The first-order chi connectivity index (χ1) is 11.9. The van der Waals surface area contributed by atoms with Gasteiger partial charge in [0.15, 0.2) is 9.84 Å². The van der Waals surface area contributed by atoms with Crippen molar-refractivity contribution < 1.29 is 13.2 Å². The van der Waals surface area contributed by atoms with Crippen LogP contribution in [0.2, 0.25) is 0 Å². The zero-order valence-electron chi connectivity index (χ0n) is 13.6. The maximum atomic E-state index is 12.5. The van der Waals surface area contributed by atoms with E-state index in [4.69, 9.17) is 0 Å². The molecule has 2 aromatic carbocycles. The summed E-state index contributed by atoms with van der Waals surface area (Å²) in [4.78, 5) is 12.6. The topological polar surface area (TPSA) is 81.1 Å². The van der Waals surface area contributed by atoms with Gasteiger partial charge in [0.2, 0.25) is 0 Å². The minimum absolute atomic E-state index is 0.162. The smallest absolute Gasteiger partial charge is 0.255 e. The number of amides is 1. The zero-order chi connectivity index (χ0) is 17.9. The Labute approximate surface area is 146 Å². The quantitative estimate of drug-likeness (QED) is 0.763. The van der Waals surface area contributed by atoms with Crippen LogP contribution in [0.4, 0.5) is 5.69 Å². The molecular weight excluding hydrogens is 338 g/mol. The number of hydrogen-bond acceptors (Lipinski definition) is 4. The van der Waals surface area contributed by atoms with E-state index < -0.39 is 9.84 Å². The molecule has 6 nitrogen and oxygen atoms in total. The monoisotopic (exact) mass is 355 g/mol. The number of carbonyl (C=O) groups excluding carboxylic acids is 1. The highest BCUT2D eigenvalue weighted by Gasteiger charge is 2.16. The molecule has 1 amide bonds.